The smallest absolute Gasteiger partial charge is 0.277 e. The minimum absolute atomic E-state index is 0.219. The van der Waals surface area contributed by atoms with Gasteiger partial charge in [-0.2, -0.15) is 5.10 Å². The van der Waals surface area contributed by atoms with Crippen LogP contribution in [0, 0.1) is 20.2 Å². The summed E-state index contributed by atoms with van der Waals surface area (Å²) in [6.45, 7) is 0.246. The molecule has 0 bridgehead atoms. The van der Waals surface area contributed by atoms with E-state index in [4.69, 9.17) is 0 Å². The lowest BCUT2D eigenvalue weighted by atomic mass is 10.1. The number of benzene rings is 2. The summed E-state index contributed by atoms with van der Waals surface area (Å²) in [7, 11) is 0. The molecule has 11 nitrogen and oxygen atoms in total. The molecule has 0 unspecified atom stereocenters. The number of nitrogens with zero attached hydrogens (tertiary/aromatic N) is 4. The summed E-state index contributed by atoms with van der Waals surface area (Å²) in [6.07, 6.45) is 2.39. The molecule has 2 aromatic carbocycles. The maximum Gasteiger partial charge on any atom is 0.277 e. The molecule has 154 valence electrons. The molecule has 1 atom stereocenters. The molecule has 0 radical (unpaired) electrons. The monoisotopic (exact) mass is 411 g/mol. The molecule has 2 aromatic rings. The van der Waals surface area contributed by atoms with E-state index in [9.17, 15) is 29.8 Å². The lowest BCUT2D eigenvalue weighted by Crippen LogP contribution is -2.44. The van der Waals surface area contributed by atoms with Crippen LogP contribution in [0.5, 0.6) is 0 Å². The number of carbonyl (C=O) groups is 2. The van der Waals surface area contributed by atoms with Crippen LogP contribution in [0.15, 0.2) is 53.6 Å². The van der Waals surface area contributed by atoms with E-state index in [0.717, 1.165) is 23.8 Å². The van der Waals surface area contributed by atoms with Crippen molar-refractivity contribution < 1.29 is 19.4 Å². The maximum atomic E-state index is 12.9. The van der Waals surface area contributed by atoms with E-state index in [1.807, 2.05) is 18.2 Å². The molecule has 0 aliphatic carbocycles. The Labute approximate surface area is 170 Å². The van der Waals surface area contributed by atoms with E-state index in [-0.39, 0.29) is 12.1 Å². The lowest BCUT2D eigenvalue weighted by molar-refractivity contribution is -0.394. The first-order valence-electron chi connectivity index (χ1n) is 8.99. The number of hydrogen-bond donors (Lipinski definition) is 1. The van der Waals surface area contributed by atoms with Crippen LogP contribution < -0.4 is 5.43 Å². The minimum atomic E-state index is -0.830. The fourth-order valence-electron chi connectivity index (χ4n) is 3.16. The normalized spacial score (nSPS) is 15.9. The molecular formula is C19H17N5O6. The third-order valence-electron chi connectivity index (χ3n) is 4.58. The van der Waals surface area contributed by atoms with Crippen LogP contribution in [0.2, 0.25) is 0 Å². The van der Waals surface area contributed by atoms with Gasteiger partial charge in [-0.05, 0) is 18.4 Å². The van der Waals surface area contributed by atoms with Crippen molar-refractivity contribution in [1.82, 2.24) is 10.3 Å². The van der Waals surface area contributed by atoms with Crippen LogP contribution >= 0.6 is 0 Å². The van der Waals surface area contributed by atoms with Gasteiger partial charge in [0.25, 0.3) is 23.2 Å². The highest BCUT2D eigenvalue weighted by Crippen LogP contribution is 2.26. The van der Waals surface area contributed by atoms with E-state index in [1.54, 1.807) is 12.1 Å². The number of likely N-dealkylation sites (tertiary alicyclic amines) is 1. The van der Waals surface area contributed by atoms with E-state index in [0.29, 0.717) is 12.8 Å². The van der Waals surface area contributed by atoms with Crippen LogP contribution in [-0.4, -0.2) is 45.4 Å². The predicted molar refractivity (Wildman–Crippen MR) is 106 cm³/mol. The summed E-state index contributed by atoms with van der Waals surface area (Å²) in [5.41, 5.74) is 1.81. The Morgan fingerprint density at radius 3 is 2.30 bits per heavy atom. The van der Waals surface area contributed by atoms with Gasteiger partial charge in [-0.15, -0.1) is 0 Å². The van der Waals surface area contributed by atoms with E-state index in [2.05, 4.69) is 10.5 Å². The second kappa shape index (κ2) is 8.90. The van der Waals surface area contributed by atoms with Gasteiger partial charge >= 0.3 is 0 Å². The molecule has 30 heavy (non-hydrogen) atoms. The van der Waals surface area contributed by atoms with Crippen molar-refractivity contribution in [3.05, 3.63) is 79.9 Å². The number of non-ortho nitro benzene ring substituents is 2. The van der Waals surface area contributed by atoms with Gasteiger partial charge in [-0.1, -0.05) is 30.3 Å². The molecule has 1 aliphatic heterocycles. The van der Waals surface area contributed by atoms with Gasteiger partial charge in [0.15, 0.2) is 0 Å². The predicted octanol–water partition coefficient (Wildman–Crippen LogP) is 2.26. The molecule has 1 N–H and O–H groups in total. The highest BCUT2D eigenvalue weighted by molar-refractivity contribution is 5.99. The molecule has 11 heteroatoms. The largest absolute Gasteiger partial charge is 0.327 e. The number of rotatable bonds is 6. The summed E-state index contributed by atoms with van der Waals surface area (Å²) < 4.78 is 0. The van der Waals surface area contributed by atoms with Crippen molar-refractivity contribution in [1.29, 1.82) is 0 Å². The van der Waals surface area contributed by atoms with Crippen molar-refractivity contribution in [2.45, 2.75) is 18.9 Å². The van der Waals surface area contributed by atoms with Gasteiger partial charge in [-0.25, -0.2) is 5.43 Å². The molecule has 1 saturated heterocycles. The molecule has 0 saturated carbocycles. The highest BCUT2D eigenvalue weighted by atomic mass is 16.6. The third-order valence-corrected chi connectivity index (χ3v) is 4.58. The molecule has 2 amide bonds. The van der Waals surface area contributed by atoms with Crippen LogP contribution in [0.1, 0.15) is 28.8 Å². The molecular weight excluding hydrogens is 394 g/mol. The number of nitro groups is 2. The molecule has 1 heterocycles. The Kier molecular flexibility index (Phi) is 6.11. The van der Waals surface area contributed by atoms with Crippen LogP contribution in [0.25, 0.3) is 0 Å². The van der Waals surface area contributed by atoms with Gasteiger partial charge in [0, 0.05) is 18.7 Å². The lowest BCUT2D eigenvalue weighted by Gasteiger charge is -2.23. The summed E-state index contributed by atoms with van der Waals surface area (Å²) in [6, 6.07) is 11.0. The first-order chi connectivity index (χ1) is 14.4. The van der Waals surface area contributed by atoms with Crippen molar-refractivity contribution >= 4 is 29.4 Å². The maximum absolute atomic E-state index is 12.9. The summed E-state index contributed by atoms with van der Waals surface area (Å²) in [5.74, 6) is -1.19. The average Bonchev–Trinajstić information content (AvgIpc) is 3.23. The number of carbonyl (C=O) groups excluding carboxylic acids is 2. The fraction of sp³-hybridized carbons (Fsp3) is 0.211. The van der Waals surface area contributed by atoms with Crippen LogP contribution in [-0.2, 0) is 4.79 Å². The summed E-state index contributed by atoms with van der Waals surface area (Å²) >= 11 is 0. The van der Waals surface area contributed by atoms with Gasteiger partial charge < -0.3 is 4.90 Å². The van der Waals surface area contributed by atoms with Crippen LogP contribution in [0.3, 0.4) is 0 Å². The third kappa shape index (κ3) is 4.63. The molecule has 1 aliphatic rings. The van der Waals surface area contributed by atoms with Crippen LogP contribution in [0.4, 0.5) is 11.4 Å². The molecule has 3 rings (SSSR count). The van der Waals surface area contributed by atoms with E-state index >= 15 is 0 Å². The number of amides is 2. The first kappa shape index (κ1) is 20.6. The standard InChI is InChI=1S/C19H17N5O6/c25-18(21-20-12-13-5-2-1-3-6-13)17-7-4-8-22(17)19(26)14-9-15(23(27)28)11-16(10-14)24(29)30/h1-3,5-6,9-12,17H,4,7-8H2,(H,21,25)/b20-12-/t17-/m1/s1. The zero-order valence-electron chi connectivity index (χ0n) is 15.6. The second-order valence-electron chi connectivity index (χ2n) is 6.55. The average molecular weight is 411 g/mol. The van der Waals surface area contributed by atoms with Gasteiger partial charge in [-0.3, -0.25) is 29.8 Å². The second-order valence-corrected chi connectivity index (χ2v) is 6.55. The molecule has 0 spiro atoms. The minimum Gasteiger partial charge on any atom is -0.327 e. The number of nitro benzene ring substituents is 2. The zero-order valence-corrected chi connectivity index (χ0v) is 15.6. The Morgan fingerprint density at radius 2 is 1.70 bits per heavy atom. The molecule has 1 fully saturated rings. The quantitative estimate of drug-likeness (QED) is 0.438. The van der Waals surface area contributed by atoms with Crippen molar-refractivity contribution in [3.8, 4) is 0 Å². The van der Waals surface area contributed by atoms with Crippen molar-refractivity contribution in [2.24, 2.45) is 5.10 Å². The Bertz CT molecular complexity index is 991. The van der Waals surface area contributed by atoms with Gasteiger partial charge in [0.1, 0.15) is 6.04 Å². The Morgan fingerprint density at radius 1 is 1.07 bits per heavy atom. The SMILES string of the molecule is O=C(N/N=C\c1ccccc1)[C@H]1CCCN1C(=O)c1cc([N+](=O)[O-])cc([N+](=O)[O-])c1. The zero-order chi connectivity index (χ0) is 21.7. The number of nitrogens with one attached hydrogen (secondary N) is 1. The number of hydrazone groups is 1. The fourth-order valence-corrected chi connectivity index (χ4v) is 3.16. The van der Waals surface area contributed by atoms with Crippen molar-refractivity contribution in [3.63, 3.8) is 0 Å². The highest BCUT2D eigenvalue weighted by Gasteiger charge is 2.35. The van der Waals surface area contributed by atoms with Gasteiger partial charge in [0.05, 0.1) is 27.7 Å². The molecule has 0 aromatic heterocycles. The van der Waals surface area contributed by atoms with Gasteiger partial charge in [0.2, 0.25) is 0 Å². The Balaban J connectivity index is 1.77. The van der Waals surface area contributed by atoms with Crippen molar-refractivity contribution in [2.75, 3.05) is 6.54 Å². The Hall–Kier alpha value is -4.15. The topological polar surface area (TPSA) is 148 Å². The summed E-state index contributed by atoms with van der Waals surface area (Å²) in [4.78, 5) is 47.1. The first-order valence-corrected chi connectivity index (χ1v) is 8.99. The number of hydrogen-bond acceptors (Lipinski definition) is 7. The van der Waals surface area contributed by atoms with E-state index in [1.165, 1.54) is 11.1 Å². The summed E-state index contributed by atoms with van der Waals surface area (Å²) in [5, 5.41) is 26.0. The van der Waals surface area contributed by atoms with E-state index < -0.39 is 39.1 Å².